The Hall–Kier alpha value is -1.71. The number of amides is 1. The molecule has 0 heterocycles. The van der Waals surface area contributed by atoms with Gasteiger partial charge in [-0.05, 0) is 42.9 Å². The van der Waals surface area contributed by atoms with Crippen molar-refractivity contribution in [1.29, 1.82) is 0 Å². The van der Waals surface area contributed by atoms with E-state index in [0.29, 0.717) is 17.2 Å². The van der Waals surface area contributed by atoms with Crippen LogP contribution in [0.1, 0.15) is 49.4 Å². The van der Waals surface area contributed by atoms with Crippen molar-refractivity contribution in [2.45, 2.75) is 39.0 Å². The standard InChI is InChI=1S/C16H24N2O2/c1-2-11-3-5-12(6-4-11)10-18-16(20)13-7-8-14(17)15(19)9-13/h7-9,11-12,19H,2-6,10,17H2,1H3,(H,18,20). The maximum atomic E-state index is 12.0. The van der Waals surface area contributed by atoms with Crippen molar-refractivity contribution in [1.82, 2.24) is 5.32 Å². The van der Waals surface area contributed by atoms with Gasteiger partial charge < -0.3 is 16.2 Å². The molecule has 1 aromatic rings. The molecule has 4 nitrogen and oxygen atoms in total. The first-order chi connectivity index (χ1) is 9.60. The first-order valence-corrected chi connectivity index (χ1v) is 7.46. The zero-order valence-electron chi connectivity index (χ0n) is 12.1. The van der Waals surface area contributed by atoms with Gasteiger partial charge in [0.1, 0.15) is 5.75 Å². The Kier molecular flexibility index (Phi) is 4.88. The predicted octanol–water partition coefficient (Wildman–Crippen LogP) is 2.92. The zero-order chi connectivity index (χ0) is 14.5. The molecule has 1 aromatic carbocycles. The van der Waals surface area contributed by atoms with Crippen LogP contribution in [0.25, 0.3) is 0 Å². The maximum absolute atomic E-state index is 12.0. The lowest BCUT2D eigenvalue weighted by molar-refractivity contribution is 0.0941. The Balaban J connectivity index is 1.82. The number of phenols is 1. The number of carbonyl (C=O) groups is 1. The van der Waals surface area contributed by atoms with E-state index < -0.39 is 0 Å². The van der Waals surface area contributed by atoms with Crippen LogP contribution < -0.4 is 11.1 Å². The van der Waals surface area contributed by atoms with E-state index in [1.54, 1.807) is 12.1 Å². The summed E-state index contributed by atoms with van der Waals surface area (Å²) in [6, 6.07) is 4.60. The summed E-state index contributed by atoms with van der Waals surface area (Å²) in [5, 5.41) is 12.5. The van der Waals surface area contributed by atoms with Crippen molar-refractivity contribution in [3.8, 4) is 5.75 Å². The van der Waals surface area contributed by atoms with Crippen molar-refractivity contribution in [3.63, 3.8) is 0 Å². The second kappa shape index (κ2) is 6.64. The van der Waals surface area contributed by atoms with Crippen LogP contribution in [0.15, 0.2) is 18.2 Å². The Labute approximate surface area is 120 Å². The first-order valence-electron chi connectivity index (χ1n) is 7.46. The van der Waals surface area contributed by atoms with Crippen LogP contribution in [0, 0.1) is 11.8 Å². The van der Waals surface area contributed by atoms with E-state index in [2.05, 4.69) is 12.2 Å². The number of hydrogen-bond donors (Lipinski definition) is 3. The van der Waals surface area contributed by atoms with Gasteiger partial charge in [0.15, 0.2) is 0 Å². The molecule has 1 saturated carbocycles. The minimum atomic E-state index is -0.141. The highest BCUT2D eigenvalue weighted by Gasteiger charge is 2.20. The minimum Gasteiger partial charge on any atom is -0.506 e. The molecular formula is C16H24N2O2. The van der Waals surface area contributed by atoms with E-state index in [-0.39, 0.29) is 11.7 Å². The molecular weight excluding hydrogens is 252 g/mol. The summed E-state index contributed by atoms with van der Waals surface area (Å²) in [6.07, 6.45) is 6.22. The largest absolute Gasteiger partial charge is 0.506 e. The second-order valence-corrected chi connectivity index (χ2v) is 5.78. The highest BCUT2D eigenvalue weighted by molar-refractivity contribution is 5.95. The molecule has 1 aliphatic rings. The second-order valence-electron chi connectivity index (χ2n) is 5.78. The van der Waals surface area contributed by atoms with E-state index in [0.717, 1.165) is 12.5 Å². The molecule has 0 radical (unpaired) electrons. The molecule has 0 bridgehead atoms. The quantitative estimate of drug-likeness (QED) is 0.584. The molecule has 0 saturated heterocycles. The fourth-order valence-corrected chi connectivity index (χ4v) is 2.87. The van der Waals surface area contributed by atoms with E-state index in [4.69, 9.17) is 5.73 Å². The van der Waals surface area contributed by atoms with Gasteiger partial charge in [0.2, 0.25) is 0 Å². The molecule has 1 amide bonds. The Morgan fingerprint density at radius 2 is 1.95 bits per heavy atom. The zero-order valence-corrected chi connectivity index (χ0v) is 12.1. The van der Waals surface area contributed by atoms with Crippen LogP contribution in [-0.4, -0.2) is 17.6 Å². The van der Waals surface area contributed by atoms with Gasteiger partial charge in [-0.3, -0.25) is 4.79 Å². The Morgan fingerprint density at radius 3 is 2.55 bits per heavy atom. The molecule has 1 fully saturated rings. The summed E-state index contributed by atoms with van der Waals surface area (Å²) in [5.74, 6) is 1.28. The molecule has 0 unspecified atom stereocenters. The first kappa shape index (κ1) is 14.7. The number of benzene rings is 1. The SMILES string of the molecule is CCC1CCC(CNC(=O)c2ccc(N)c(O)c2)CC1. The van der Waals surface area contributed by atoms with Gasteiger partial charge in [0.25, 0.3) is 5.91 Å². The van der Waals surface area contributed by atoms with E-state index in [9.17, 15) is 9.90 Å². The van der Waals surface area contributed by atoms with Crippen molar-refractivity contribution >= 4 is 11.6 Å². The van der Waals surface area contributed by atoms with Gasteiger partial charge in [-0.15, -0.1) is 0 Å². The van der Waals surface area contributed by atoms with Crippen LogP contribution in [0.5, 0.6) is 5.75 Å². The normalized spacial score (nSPS) is 22.4. The summed E-state index contributed by atoms with van der Waals surface area (Å²) in [7, 11) is 0. The smallest absolute Gasteiger partial charge is 0.251 e. The number of phenolic OH excluding ortho intramolecular Hbond substituents is 1. The molecule has 0 aliphatic heterocycles. The Morgan fingerprint density at radius 1 is 1.30 bits per heavy atom. The lowest BCUT2D eigenvalue weighted by Gasteiger charge is -2.27. The van der Waals surface area contributed by atoms with Crippen molar-refractivity contribution in [2.75, 3.05) is 12.3 Å². The average Bonchev–Trinajstić information content (AvgIpc) is 2.48. The number of rotatable bonds is 4. The van der Waals surface area contributed by atoms with Crippen LogP contribution in [0.2, 0.25) is 0 Å². The number of nitrogens with one attached hydrogen (secondary N) is 1. The molecule has 4 N–H and O–H groups in total. The molecule has 1 aliphatic carbocycles. The summed E-state index contributed by atoms with van der Waals surface area (Å²) >= 11 is 0. The molecule has 2 rings (SSSR count). The van der Waals surface area contributed by atoms with E-state index in [1.807, 2.05) is 0 Å². The van der Waals surface area contributed by atoms with Gasteiger partial charge in [0, 0.05) is 12.1 Å². The van der Waals surface area contributed by atoms with E-state index >= 15 is 0 Å². The summed E-state index contributed by atoms with van der Waals surface area (Å²) in [6.45, 7) is 2.97. The highest BCUT2D eigenvalue weighted by Crippen LogP contribution is 2.30. The highest BCUT2D eigenvalue weighted by atomic mass is 16.3. The number of nitrogen functional groups attached to an aromatic ring is 1. The third-order valence-corrected chi connectivity index (χ3v) is 4.39. The van der Waals surface area contributed by atoms with Gasteiger partial charge in [-0.2, -0.15) is 0 Å². The van der Waals surface area contributed by atoms with Crippen LogP contribution in [-0.2, 0) is 0 Å². The van der Waals surface area contributed by atoms with Crippen LogP contribution >= 0.6 is 0 Å². The molecule has 0 atom stereocenters. The third-order valence-electron chi connectivity index (χ3n) is 4.39. The monoisotopic (exact) mass is 276 g/mol. The number of nitrogens with two attached hydrogens (primary N) is 1. The topological polar surface area (TPSA) is 75.4 Å². The summed E-state index contributed by atoms with van der Waals surface area (Å²) in [4.78, 5) is 12.0. The number of carbonyl (C=O) groups excluding carboxylic acids is 1. The number of aromatic hydroxyl groups is 1. The molecule has 0 spiro atoms. The molecule has 110 valence electrons. The average molecular weight is 276 g/mol. The summed E-state index contributed by atoms with van der Waals surface area (Å²) in [5.41, 5.74) is 6.27. The molecule has 4 heteroatoms. The maximum Gasteiger partial charge on any atom is 0.251 e. The lowest BCUT2D eigenvalue weighted by atomic mass is 9.81. The predicted molar refractivity (Wildman–Crippen MR) is 80.6 cm³/mol. The van der Waals surface area contributed by atoms with Gasteiger partial charge in [-0.25, -0.2) is 0 Å². The van der Waals surface area contributed by atoms with Gasteiger partial charge in [-0.1, -0.05) is 26.2 Å². The molecule has 20 heavy (non-hydrogen) atoms. The fourth-order valence-electron chi connectivity index (χ4n) is 2.87. The number of hydrogen-bond acceptors (Lipinski definition) is 3. The number of anilines is 1. The Bertz CT molecular complexity index is 466. The van der Waals surface area contributed by atoms with Crippen molar-refractivity contribution in [2.24, 2.45) is 11.8 Å². The van der Waals surface area contributed by atoms with Crippen molar-refractivity contribution < 1.29 is 9.90 Å². The fraction of sp³-hybridized carbons (Fsp3) is 0.562. The summed E-state index contributed by atoms with van der Waals surface area (Å²) < 4.78 is 0. The van der Waals surface area contributed by atoms with E-state index in [1.165, 1.54) is 38.2 Å². The van der Waals surface area contributed by atoms with Crippen LogP contribution in [0.4, 0.5) is 5.69 Å². The minimum absolute atomic E-state index is 0.0406. The molecule has 0 aromatic heterocycles. The van der Waals surface area contributed by atoms with Crippen molar-refractivity contribution in [3.05, 3.63) is 23.8 Å². The van der Waals surface area contributed by atoms with Gasteiger partial charge >= 0.3 is 0 Å². The van der Waals surface area contributed by atoms with Crippen LogP contribution in [0.3, 0.4) is 0 Å². The van der Waals surface area contributed by atoms with Gasteiger partial charge in [0.05, 0.1) is 5.69 Å². The third kappa shape index (κ3) is 3.65. The lowest BCUT2D eigenvalue weighted by Crippen LogP contribution is -2.31.